The van der Waals surface area contributed by atoms with Crippen molar-refractivity contribution in [1.29, 1.82) is 0 Å². The quantitative estimate of drug-likeness (QED) is 0.256. The highest BCUT2D eigenvalue weighted by atomic mass is 127. The fourth-order valence-electron chi connectivity index (χ4n) is 2.75. The van der Waals surface area contributed by atoms with Gasteiger partial charge >= 0.3 is 0 Å². The van der Waals surface area contributed by atoms with Crippen LogP contribution in [-0.4, -0.2) is 34.6 Å². The second-order valence-corrected chi connectivity index (χ2v) is 8.73. The second-order valence-electron chi connectivity index (χ2n) is 6.98. The highest BCUT2D eigenvalue weighted by Gasteiger charge is 2.12. The van der Waals surface area contributed by atoms with Crippen LogP contribution in [0.4, 0.5) is 0 Å². The number of methoxy groups -OCH3 is 1. The number of sulfonamides is 1. The summed E-state index contributed by atoms with van der Waals surface area (Å²) in [6.45, 7) is 4.81. The summed E-state index contributed by atoms with van der Waals surface area (Å²) in [5, 5.41) is 6.52. The van der Waals surface area contributed by atoms with Gasteiger partial charge < -0.3 is 15.4 Å². The molecule has 0 atom stereocenters. The monoisotopic (exact) mass is 546 g/mol. The third-order valence-corrected chi connectivity index (χ3v) is 5.62. The van der Waals surface area contributed by atoms with Gasteiger partial charge in [0.05, 0.1) is 12.9 Å². The van der Waals surface area contributed by atoms with Crippen molar-refractivity contribution in [2.75, 3.05) is 14.2 Å². The number of benzene rings is 2. The van der Waals surface area contributed by atoms with Gasteiger partial charge in [-0.2, -0.15) is 0 Å². The third-order valence-electron chi connectivity index (χ3n) is 4.07. The minimum Gasteiger partial charge on any atom is -0.497 e. The summed E-state index contributed by atoms with van der Waals surface area (Å²) < 4.78 is 31.9. The number of ether oxygens (including phenoxy) is 1. The number of halogens is 1. The minimum atomic E-state index is -3.32. The molecular weight excluding hydrogens is 515 g/mol. The average molecular weight is 546 g/mol. The van der Waals surface area contributed by atoms with E-state index >= 15 is 0 Å². The van der Waals surface area contributed by atoms with E-state index in [1.165, 1.54) is 0 Å². The Hall–Kier alpha value is -1.85. The molecule has 0 aliphatic rings. The summed E-state index contributed by atoms with van der Waals surface area (Å²) >= 11 is 0. The van der Waals surface area contributed by atoms with Crippen LogP contribution in [0.2, 0.25) is 0 Å². The van der Waals surface area contributed by atoms with Gasteiger partial charge in [-0.05, 0) is 42.7 Å². The van der Waals surface area contributed by atoms with Gasteiger partial charge in [-0.1, -0.05) is 36.4 Å². The van der Waals surface area contributed by atoms with Gasteiger partial charge in [0.15, 0.2) is 5.96 Å². The van der Waals surface area contributed by atoms with E-state index in [2.05, 4.69) is 20.3 Å². The zero-order valence-electron chi connectivity index (χ0n) is 17.8. The van der Waals surface area contributed by atoms with Gasteiger partial charge in [0.1, 0.15) is 5.75 Å². The molecule has 2 rings (SSSR count). The normalized spacial score (nSPS) is 11.7. The van der Waals surface area contributed by atoms with Gasteiger partial charge in [0.25, 0.3) is 0 Å². The molecule has 0 aromatic heterocycles. The molecule has 9 heteroatoms. The van der Waals surface area contributed by atoms with E-state index < -0.39 is 10.0 Å². The topological polar surface area (TPSA) is 91.8 Å². The summed E-state index contributed by atoms with van der Waals surface area (Å²) in [7, 11) is 0.0473. The molecule has 0 saturated heterocycles. The van der Waals surface area contributed by atoms with Crippen LogP contribution in [0, 0.1) is 0 Å². The first kappa shape index (κ1) is 26.2. The fourth-order valence-corrected chi connectivity index (χ4v) is 4.18. The predicted molar refractivity (Wildman–Crippen MR) is 133 cm³/mol. The molecule has 3 N–H and O–H groups in total. The molecule has 2 aromatic rings. The highest BCUT2D eigenvalue weighted by Crippen LogP contribution is 2.12. The van der Waals surface area contributed by atoms with Gasteiger partial charge in [-0.3, -0.25) is 4.99 Å². The summed E-state index contributed by atoms with van der Waals surface area (Å²) in [4.78, 5) is 4.23. The summed E-state index contributed by atoms with van der Waals surface area (Å²) in [6.07, 6.45) is 0. The molecule has 0 amide bonds. The maximum absolute atomic E-state index is 12.0. The van der Waals surface area contributed by atoms with E-state index in [1.54, 1.807) is 14.2 Å². The zero-order chi connectivity index (χ0) is 21.3. The van der Waals surface area contributed by atoms with E-state index in [0.29, 0.717) is 19.0 Å². The standard InChI is InChI=1S/C21H30N4O3S.HI/c1-16(2)25-29(26,27)15-18-10-8-17(9-11-18)13-23-21(22-3)24-14-19-6-5-7-20(12-19)28-4;/h5-12,16,25H,13-15H2,1-4H3,(H2,22,23,24);1H. The molecule has 0 fully saturated rings. The molecule has 7 nitrogen and oxygen atoms in total. The SMILES string of the molecule is CN=C(NCc1ccc(CS(=O)(=O)NC(C)C)cc1)NCc1cccc(OC)c1.I. The van der Waals surface area contributed by atoms with E-state index in [1.807, 2.05) is 62.4 Å². The molecule has 0 unspecified atom stereocenters. The summed E-state index contributed by atoms with van der Waals surface area (Å²) in [5.74, 6) is 1.47. The Morgan fingerprint density at radius 3 is 2.17 bits per heavy atom. The van der Waals surface area contributed by atoms with Crippen LogP contribution in [0.25, 0.3) is 0 Å². The fraction of sp³-hybridized carbons (Fsp3) is 0.381. The molecule has 0 radical (unpaired) electrons. The van der Waals surface area contributed by atoms with Crippen molar-refractivity contribution < 1.29 is 13.2 Å². The van der Waals surface area contributed by atoms with Crippen molar-refractivity contribution in [1.82, 2.24) is 15.4 Å². The molecule has 0 bridgehead atoms. The maximum atomic E-state index is 12.0. The van der Waals surface area contributed by atoms with Gasteiger partial charge in [-0.15, -0.1) is 24.0 Å². The largest absolute Gasteiger partial charge is 0.497 e. The Balaban J connectivity index is 0.00000450. The van der Waals surface area contributed by atoms with Crippen LogP contribution in [0.5, 0.6) is 5.75 Å². The van der Waals surface area contributed by atoms with Crippen LogP contribution in [0.15, 0.2) is 53.5 Å². The first-order valence-electron chi connectivity index (χ1n) is 9.46. The number of rotatable bonds is 9. The Morgan fingerprint density at radius 2 is 1.60 bits per heavy atom. The van der Waals surface area contributed by atoms with Crippen molar-refractivity contribution >= 4 is 40.0 Å². The summed E-state index contributed by atoms with van der Waals surface area (Å²) in [6, 6.07) is 15.2. The molecule has 0 aliphatic heterocycles. The Morgan fingerprint density at radius 1 is 1.00 bits per heavy atom. The maximum Gasteiger partial charge on any atom is 0.216 e. The van der Waals surface area contributed by atoms with E-state index in [-0.39, 0.29) is 35.8 Å². The lowest BCUT2D eigenvalue weighted by Crippen LogP contribution is -2.36. The van der Waals surface area contributed by atoms with Crippen molar-refractivity contribution in [2.24, 2.45) is 4.99 Å². The number of hydrogen-bond acceptors (Lipinski definition) is 4. The lowest BCUT2D eigenvalue weighted by atomic mass is 10.1. The van der Waals surface area contributed by atoms with Crippen molar-refractivity contribution in [3.05, 3.63) is 65.2 Å². The van der Waals surface area contributed by atoms with Crippen LogP contribution in [0.1, 0.15) is 30.5 Å². The average Bonchev–Trinajstić information content (AvgIpc) is 2.68. The lowest BCUT2D eigenvalue weighted by Gasteiger charge is -2.13. The molecule has 2 aromatic carbocycles. The molecule has 30 heavy (non-hydrogen) atoms. The van der Waals surface area contributed by atoms with E-state index in [4.69, 9.17) is 4.74 Å². The molecule has 0 heterocycles. The van der Waals surface area contributed by atoms with Gasteiger partial charge in [0.2, 0.25) is 10.0 Å². The lowest BCUT2D eigenvalue weighted by molar-refractivity contribution is 0.414. The molecule has 0 saturated carbocycles. The number of aliphatic imine (C=N–C) groups is 1. The second kappa shape index (κ2) is 12.8. The van der Waals surface area contributed by atoms with Crippen molar-refractivity contribution in [3.63, 3.8) is 0 Å². The van der Waals surface area contributed by atoms with Gasteiger partial charge in [0, 0.05) is 26.2 Å². The Kier molecular flexibility index (Phi) is 11.1. The molecule has 166 valence electrons. The van der Waals surface area contributed by atoms with Crippen LogP contribution >= 0.6 is 24.0 Å². The first-order valence-corrected chi connectivity index (χ1v) is 11.1. The van der Waals surface area contributed by atoms with E-state index in [0.717, 1.165) is 22.4 Å². The third kappa shape index (κ3) is 9.31. The smallest absolute Gasteiger partial charge is 0.216 e. The van der Waals surface area contributed by atoms with Crippen LogP contribution in [-0.2, 0) is 28.9 Å². The number of hydrogen-bond donors (Lipinski definition) is 3. The molecular formula is C21H31IN4O3S. The number of nitrogens with zero attached hydrogens (tertiary/aromatic N) is 1. The summed E-state index contributed by atoms with van der Waals surface area (Å²) in [5.41, 5.74) is 2.88. The van der Waals surface area contributed by atoms with E-state index in [9.17, 15) is 8.42 Å². The van der Waals surface area contributed by atoms with Crippen LogP contribution < -0.4 is 20.1 Å². The highest BCUT2D eigenvalue weighted by molar-refractivity contribution is 14.0. The first-order chi connectivity index (χ1) is 13.8. The number of nitrogens with one attached hydrogen (secondary N) is 3. The predicted octanol–water partition coefficient (Wildman–Crippen LogP) is 3.01. The number of guanidine groups is 1. The molecule has 0 aliphatic carbocycles. The Bertz CT molecular complexity index is 916. The van der Waals surface area contributed by atoms with Crippen molar-refractivity contribution in [2.45, 2.75) is 38.7 Å². The van der Waals surface area contributed by atoms with Gasteiger partial charge in [-0.25, -0.2) is 13.1 Å². The zero-order valence-corrected chi connectivity index (χ0v) is 21.0. The Labute approximate surface area is 196 Å². The minimum absolute atomic E-state index is 0. The van der Waals surface area contributed by atoms with Crippen molar-refractivity contribution in [3.8, 4) is 5.75 Å². The van der Waals surface area contributed by atoms with Crippen LogP contribution in [0.3, 0.4) is 0 Å². The molecule has 0 spiro atoms.